The van der Waals surface area contributed by atoms with Gasteiger partial charge in [-0.2, -0.15) is 0 Å². The molecular formula is C21H20N2O2S. The van der Waals surface area contributed by atoms with Gasteiger partial charge in [0, 0.05) is 16.2 Å². The van der Waals surface area contributed by atoms with Crippen LogP contribution in [-0.4, -0.2) is 17.4 Å². The van der Waals surface area contributed by atoms with Crippen LogP contribution in [0.3, 0.4) is 0 Å². The first-order valence-corrected chi connectivity index (χ1v) is 9.79. The average Bonchev–Trinajstić information content (AvgIpc) is 3.05. The van der Waals surface area contributed by atoms with Crippen molar-refractivity contribution in [3.05, 3.63) is 83.8 Å². The van der Waals surface area contributed by atoms with E-state index < -0.39 is 5.72 Å². The molecule has 2 aliphatic heterocycles. The summed E-state index contributed by atoms with van der Waals surface area (Å²) in [7, 11) is 0.00529. The van der Waals surface area contributed by atoms with Gasteiger partial charge in [-0.05, 0) is 54.1 Å². The largest absolute Gasteiger partial charge is 0.493 e. The van der Waals surface area contributed by atoms with E-state index in [1.54, 1.807) is 18.2 Å². The minimum absolute atomic E-state index is 0.00529. The van der Waals surface area contributed by atoms with Gasteiger partial charge in [-0.3, -0.25) is 5.73 Å². The van der Waals surface area contributed by atoms with Crippen molar-refractivity contribution in [1.82, 2.24) is 0 Å². The van der Waals surface area contributed by atoms with Crippen LogP contribution in [0.25, 0.3) is 6.08 Å². The summed E-state index contributed by atoms with van der Waals surface area (Å²) < 4.78 is 11.5. The highest BCUT2D eigenvalue weighted by Gasteiger charge is 2.28. The molecule has 4 N–H and O–H groups in total. The van der Waals surface area contributed by atoms with E-state index in [1.807, 2.05) is 24.3 Å². The summed E-state index contributed by atoms with van der Waals surface area (Å²) in [6, 6.07) is 16.0. The first-order valence-electron chi connectivity index (χ1n) is 8.40. The Morgan fingerprint density at radius 3 is 2.73 bits per heavy atom. The Morgan fingerprint density at radius 2 is 1.92 bits per heavy atom. The van der Waals surface area contributed by atoms with Gasteiger partial charge in [0.2, 0.25) is 5.72 Å². The fourth-order valence-corrected chi connectivity index (χ4v) is 4.59. The molecule has 0 aliphatic carbocycles. The fourth-order valence-electron chi connectivity index (χ4n) is 2.95. The van der Waals surface area contributed by atoms with Gasteiger partial charge in [-0.1, -0.05) is 29.3 Å². The number of fused-ring (bicyclic) bond motifs is 1. The lowest BCUT2D eigenvalue weighted by molar-refractivity contribution is 0.0423. The summed E-state index contributed by atoms with van der Waals surface area (Å²) in [5.41, 5.74) is 13.0. The second-order valence-electron chi connectivity index (χ2n) is 6.09. The Kier molecular flexibility index (Phi) is 4.43. The Hall–Kier alpha value is -2.72. The van der Waals surface area contributed by atoms with Crippen LogP contribution in [-0.2, 0) is 10.5 Å². The zero-order valence-electron chi connectivity index (χ0n) is 14.2. The summed E-state index contributed by atoms with van der Waals surface area (Å²) in [6.45, 7) is 0.636. The number of allylic oxidation sites excluding steroid dienone is 2. The second-order valence-corrected chi connectivity index (χ2v) is 7.96. The Bertz CT molecular complexity index is 956. The van der Waals surface area contributed by atoms with E-state index in [0.717, 1.165) is 17.1 Å². The lowest BCUT2D eigenvalue weighted by Crippen LogP contribution is -2.39. The highest BCUT2D eigenvalue weighted by Crippen LogP contribution is 2.33. The minimum atomic E-state index is -1.04. The van der Waals surface area contributed by atoms with Crippen molar-refractivity contribution < 1.29 is 9.47 Å². The molecular weight excluding hydrogens is 344 g/mol. The van der Waals surface area contributed by atoms with Gasteiger partial charge in [0.25, 0.3) is 0 Å². The van der Waals surface area contributed by atoms with E-state index in [9.17, 15) is 0 Å². The third kappa shape index (κ3) is 3.33. The van der Waals surface area contributed by atoms with Gasteiger partial charge in [-0.25, -0.2) is 0 Å². The SMILES string of the molecule is NC1=CC=CC(N)(c2ccc(OCCS3=C=Cc4ccccc43)cc2)O1. The molecule has 2 aromatic carbocycles. The van der Waals surface area contributed by atoms with Crippen LogP contribution in [0.1, 0.15) is 11.1 Å². The fraction of sp³-hybridized carbons (Fsp3) is 0.143. The average molecular weight is 364 g/mol. The predicted octanol–water partition coefficient (Wildman–Crippen LogP) is 3.32. The van der Waals surface area contributed by atoms with Gasteiger partial charge in [0.1, 0.15) is 5.75 Å². The van der Waals surface area contributed by atoms with Crippen LogP contribution in [0.5, 0.6) is 5.75 Å². The molecule has 0 fully saturated rings. The third-order valence-electron chi connectivity index (χ3n) is 4.29. The Morgan fingerprint density at radius 1 is 1.12 bits per heavy atom. The van der Waals surface area contributed by atoms with Gasteiger partial charge in [0.05, 0.1) is 6.61 Å². The third-order valence-corrected chi connectivity index (χ3v) is 6.17. The number of benzene rings is 2. The van der Waals surface area contributed by atoms with E-state index in [1.165, 1.54) is 10.5 Å². The van der Waals surface area contributed by atoms with E-state index in [0.29, 0.717) is 12.5 Å². The molecule has 0 spiro atoms. The lowest BCUT2D eigenvalue weighted by atomic mass is 10.0. The first kappa shape index (κ1) is 16.7. The summed E-state index contributed by atoms with van der Waals surface area (Å²) in [6.07, 6.45) is 7.33. The second kappa shape index (κ2) is 6.89. The van der Waals surface area contributed by atoms with E-state index >= 15 is 0 Å². The van der Waals surface area contributed by atoms with Crippen LogP contribution >= 0.6 is 10.5 Å². The highest BCUT2D eigenvalue weighted by atomic mass is 32.2. The number of nitrogens with two attached hydrogens (primary N) is 2. The molecule has 4 rings (SSSR count). The van der Waals surface area contributed by atoms with Crippen molar-refractivity contribution in [3.63, 3.8) is 0 Å². The van der Waals surface area contributed by atoms with Gasteiger partial charge >= 0.3 is 0 Å². The van der Waals surface area contributed by atoms with Crippen molar-refractivity contribution in [2.45, 2.75) is 10.6 Å². The topological polar surface area (TPSA) is 70.5 Å². The summed E-state index contributed by atoms with van der Waals surface area (Å²) in [5.74, 6) is 2.03. The standard InChI is InChI=1S/C21H20N2O2S/c22-20-6-3-12-21(23,25-20)17-7-9-18(10-8-17)24-13-15-26-14-11-16-4-1-2-5-19(16)26/h1-12H,13,15,22-23H2. The van der Waals surface area contributed by atoms with Gasteiger partial charge in [-0.15, -0.1) is 10.5 Å². The smallest absolute Gasteiger partial charge is 0.206 e. The molecule has 2 aliphatic rings. The highest BCUT2D eigenvalue weighted by molar-refractivity contribution is 8.15. The molecule has 4 nitrogen and oxygen atoms in total. The van der Waals surface area contributed by atoms with Crippen LogP contribution in [0.15, 0.2) is 77.5 Å². The van der Waals surface area contributed by atoms with Gasteiger partial charge in [0.15, 0.2) is 5.88 Å². The lowest BCUT2D eigenvalue weighted by Gasteiger charge is -2.29. The van der Waals surface area contributed by atoms with Crippen molar-refractivity contribution >= 4 is 21.6 Å². The maximum atomic E-state index is 6.27. The maximum Gasteiger partial charge on any atom is 0.206 e. The van der Waals surface area contributed by atoms with Crippen LogP contribution in [0, 0.1) is 0 Å². The Labute approximate surface area is 155 Å². The quantitative estimate of drug-likeness (QED) is 0.799. The monoisotopic (exact) mass is 364 g/mol. The molecule has 0 saturated carbocycles. The molecule has 2 unspecified atom stereocenters. The van der Waals surface area contributed by atoms with Crippen molar-refractivity contribution in [2.75, 3.05) is 12.4 Å². The van der Waals surface area contributed by atoms with Crippen LogP contribution < -0.4 is 16.2 Å². The molecule has 132 valence electrons. The first-order chi connectivity index (χ1) is 12.6. The van der Waals surface area contributed by atoms with Gasteiger partial charge < -0.3 is 15.2 Å². The number of hydrogen-bond donors (Lipinski definition) is 2. The molecule has 2 heterocycles. The molecule has 0 saturated heterocycles. The molecule has 26 heavy (non-hydrogen) atoms. The van der Waals surface area contributed by atoms with E-state index in [-0.39, 0.29) is 10.5 Å². The molecule has 0 bridgehead atoms. The summed E-state index contributed by atoms with van der Waals surface area (Å²) in [4.78, 5) is 1.35. The van der Waals surface area contributed by atoms with Crippen LogP contribution in [0.4, 0.5) is 0 Å². The van der Waals surface area contributed by atoms with Crippen molar-refractivity contribution in [1.29, 1.82) is 0 Å². The normalized spacial score (nSPS) is 23.0. The van der Waals surface area contributed by atoms with Crippen molar-refractivity contribution in [2.24, 2.45) is 11.5 Å². The molecule has 5 heteroatoms. The molecule has 0 amide bonds. The predicted molar refractivity (Wildman–Crippen MR) is 107 cm³/mol. The minimum Gasteiger partial charge on any atom is -0.493 e. The number of ether oxygens (including phenoxy) is 2. The number of hydrogen-bond acceptors (Lipinski definition) is 4. The number of rotatable bonds is 5. The zero-order valence-corrected chi connectivity index (χ0v) is 15.0. The molecule has 2 atom stereocenters. The molecule has 0 aromatic heterocycles. The Balaban J connectivity index is 1.36. The summed E-state index contributed by atoms with van der Waals surface area (Å²) in [5, 5.41) is 3.43. The molecule has 2 aromatic rings. The maximum absolute atomic E-state index is 6.27. The molecule has 0 radical (unpaired) electrons. The van der Waals surface area contributed by atoms with E-state index in [4.69, 9.17) is 20.9 Å². The van der Waals surface area contributed by atoms with E-state index in [2.05, 4.69) is 35.4 Å². The summed E-state index contributed by atoms with van der Waals surface area (Å²) >= 11 is 0. The van der Waals surface area contributed by atoms with Crippen LogP contribution in [0.2, 0.25) is 0 Å². The van der Waals surface area contributed by atoms with Crippen molar-refractivity contribution in [3.8, 4) is 5.75 Å². The zero-order chi connectivity index (χ0) is 18.0.